The summed E-state index contributed by atoms with van der Waals surface area (Å²) in [6.45, 7) is 3.58. The number of nitrogens with one attached hydrogen (secondary N) is 1. The molecule has 0 spiro atoms. The van der Waals surface area contributed by atoms with Gasteiger partial charge in [0.15, 0.2) is 0 Å². The third kappa shape index (κ3) is 3.55. The highest BCUT2D eigenvalue weighted by molar-refractivity contribution is 9.10. The summed E-state index contributed by atoms with van der Waals surface area (Å²) in [5.41, 5.74) is 3.37. The monoisotopic (exact) mass is 334 g/mol. The van der Waals surface area contributed by atoms with Crippen molar-refractivity contribution < 1.29 is 0 Å². The Morgan fingerprint density at radius 3 is 2.65 bits per heavy atom. The van der Waals surface area contributed by atoms with Crippen LogP contribution in [-0.2, 0) is 13.1 Å². The lowest BCUT2D eigenvalue weighted by Gasteiger charge is -2.19. The predicted octanol–water partition coefficient (Wildman–Crippen LogP) is 2.90. The van der Waals surface area contributed by atoms with E-state index < -0.39 is 0 Å². The number of aromatic nitrogens is 2. The Morgan fingerprint density at radius 1 is 1.25 bits per heavy atom. The van der Waals surface area contributed by atoms with E-state index in [0.717, 1.165) is 34.8 Å². The number of rotatable bonds is 5. The zero-order valence-electron chi connectivity index (χ0n) is 12.0. The van der Waals surface area contributed by atoms with Crippen LogP contribution < -0.4 is 10.2 Å². The molecule has 1 aromatic heterocycles. The second-order valence-electron chi connectivity index (χ2n) is 4.76. The van der Waals surface area contributed by atoms with Crippen LogP contribution in [0.1, 0.15) is 16.8 Å². The van der Waals surface area contributed by atoms with Gasteiger partial charge in [0.2, 0.25) is 5.95 Å². The number of benzene rings is 1. The first-order valence-electron chi connectivity index (χ1n) is 6.53. The van der Waals surface area contributed by atoms with Crippen molar-refractivity contribution in [3.8, 4) is 0 Å². The molecule has 0 amide bonds. The van der Waals surface area contributed by atoms with Gasteiger partial charge in [-0.05, 0) is 25.6 Å². The molecule has 0 saturated heterocycles. The van der Waals surface area contributed by atoms with Crippen molar-refractivity contribution in [1.82, 2.24) is 15.3 Å². The first kappa shape index (κ1) is 14.9. The van der Waals surface area contributed by atoms with E-state index >= 15 is 0 Å². The van der Waals surface area contributed by atoms with E-state index in [9.17, 15) is 0 Å². The second-order valence-corrected chi connectivity index (χ2v) is 5.61. The summed E-state index contributed by atoms with van der Waals surface area (Å²) in [4.78, 5) is 11.1. The van der Waals surface area contributed by atoms with Gasteiger partial charge in [-0.1, -0.05) is 34.1 Å². The molecule has 5 heteroatoms. The molecule has 0 unspecified atom stereocenters. The molecule has 0 aliphatic carbocycles. The van der Waals surface area contributed by atoms with Crippen molar-refractivity contribution in [2.45, 2.75) is 20.0 Å². The average Bonchev–Trinajstić information content (AvgIpc) is 2.43. The number of halogens is 1. The fourth-order valence-corrected chi connectivity index (χ4v) is 2.39. The highest BCUT2D eigenvalue weighted by Crippen LogP contribution is 2.19. The zero-order chi connectivity index (χ0) is 14.5. The summed E-state index contributed by atoms with van der Waals surface area (Å²) in [6, 6.07) is 8.20. The Kier molecular flexibility index (Phi) is 5.09. The van der Waals surface area contributed by atoms with Gasteiger partial charge in [-0.15, -0.1) is 0 Å². The lowest BCUT2D eigenvalue weighted by molar-refractivity contribution is 0.785. The molecule has 2 rings (SSSR count). The van der Waals surface area contributed by atoms with E-state index in [4.69, 9.17) is 0 Å². The summed E-state index contributed by atoms with van der Waals surface area (Å²) >= 11 is 3.57. The van der Waals surface area contributed by atoms with E-state index in [2.05, 4.69) is 42.2 Å². The molecule has 0 atom stereocenters. The van der Waals surface area contributed by atoms with Crippen LogP contribution in [0.4, 0.5) is 5.95 Å². The van der Waals surface area contributed by atoms with E-state index in [1.54, 1.807) is 0 Å². The molecule has 0 fully saturated rings. The number of aryl methyl sites for hydroxylation is 1. The number of hydrogen-bond donors (Lipinski definition) is 1. The van der Waals surface area contributed by atoms with Crippen molar-refractivity contribution in [1.29, 1.82) is 0 Å². The Hall–Kier alpha value is -1.46. The van der Waals surface area contributed by atoms with Crippen molar-refractivity contribution in [3.05, 3.63) is 51.8 Å². The Labute approximate surface area is 128 Å². The van der Waals surface area contributed by atoms with Crippen molar-refractivity contribution in [2.75, 3.05) is 19.0 Å². The fourth-order valence-electron chi connectivity index (χ4n) is 1.98. The molecule has 0 aliphatic heterocycles. The van der Waals surface area contributed by atoms with Crippen LogP contribution >= 0.6 is 15.9 Å². The average molecular weight is 335 g/mol. The molecule has 106 valence electrons. The maximum atomic E-state index is 4.58. The molecule has 20 heavy (non-hydrogen) atoms. The normalized spacial score (nSPS) is 10.6. The highest BCUT2D eigenvalue weighted by atomic mass is 79.9. The molecule has 1 aromatic carbocycles. The molecule has 1 heterocycles. The van der Waals surface area contributed by atoms with Gasteiger partial charge in [-0.3, -0.25) is 0 Å². The van der Waals surface area contributed by atoms with Crippen LogP contribution in [0.3, 0.4) is 0 Å². The summed E-state index contributed by atoms with van der Waals surface area (Å²) in [6.07, 6.45) is 1.89. The molecule has 1 N–H and O–H groups in total. The lowest BCUT2D eigenvalue weighted by atomic mass is 10.2. The van der Waals surface area contributed by atoms with Gasteiger partial charge in [-0.2, -0.15) is 0 Å². The molecular weight excluding hydrogens is 316 g/mol. The quantitative estimate of drug-likeness (QED) is 0.912. The first-order valence-corrected chi connectivity index (χ1v) is 7.32. The van der Waals surface area contributed by atoms with Gasteiger partial charge in [0, 0.05) is 42.1 Å². The molecule has 0 saturated carbocycles. The molecule has 0 aliphatic rings. The van der Waals surface area contributed by atoms with Gasteiger partial charge in [0.1, 0.15) is 0 Å². The zero-order valence-corrected chi connectivity index (χ0v) is 13.6. The first-order chi connectivity index (χ1) is 9.61. The maximum Gasteiger partial charge on any atom is 0.225 e. The Bertz CT molecular complexity index is 586. The van der Waals surface area contributed by atoms with Crippen molar-refractivity contribution >= 4 is 21.9 Å². The third-order valence-corrected chi connectivity index (χ3v) is 3.92. The number of hydrogen-bond acceptors (Lipinski definition) is 4. The molecule has 4 nitrogen and oxygen atoms in total. The van der Waals surface area contributed by atoms with Crippen LogP contribution in [-0.4, -0.2) is 24.1 Å². The molecular formula is C15H19BrN4. The SMILES string of the molecule is CNCc1cnc(N(C)Cc2ccccc2Br)nc1C. The van der Waals surface area contributed by atoms with E-state index in [1.165, 1.54) is 5.56 Å². The summed E-state index contributed by atoms with van der Waals surface area (Å²) in [5.74, 6) is 0.748. The lowest BCUT2D eigenvalue weighted by Crippen LogP contribution is -2.20. The largest absolute Gasteiger partial charge is 0.340 e. The van der Waals surface area contributed by atoms with Crippen molar-refractivity contribution in [2.24, 2.45) is 0 Å². The van der Waals surface area contributed by atoms with Crippen LogP contribution in [0.2, 0.25) is 0 Å². The van der Waals surface area contributed by atoms with E-state index in [-0.39, 0.29) is 0 Å². The minimum atomic E-state index is 0.748. The minimum absolute atomic E-state index is 0.748. The number of anilines is 1. The van der Waals surface area contributed by atoms with Crippen LogP contribution in [0.15, 0.2) is 34.9 Å². The topological polar surface area (TPSA) is 41.1 Å². The predicted molar refractivity (Wildman–Crippen MR) is 85.8 cm³/mol. The summed E-state index contributed by atoms with van der Waals surface area (Å²) in [5, 5.41) is 3.12. The van der Waals surface area contributed by atoms with E-state index in [1.807, 2.05) is 45.4 Å². The number of nitrogens with zero attached hydrogens (tertiary/aromatic N) is 3. The fraction of sp³-hybridized carbons (Fsp3) is 0.333. The van der Waals surface area contributed by atoms with Crippen LogP contribution in [0.25, 0.3) is 0 Å². The summed E-state index contributed by atoms with van der Waals surface area (Å²) < 4.78 is 1.11. The van der Waals surface area contributed by atoms with E-state index in [0.29, 0.717) is 0 Å². The Balaban J connectivity index is 2.15. The maximum absolute atomic E-state index is 4.58. The van der Waals surface area contributed by atoms with Crippen molar-refractivity contribution in [3.63, 3.8) is 0 Å². The van der Waals surface area contributed by atoms with Gasteiger partial charge < -0.3 is 10.2 Å². The van der Waals surface area contributed by atoms with Gasteiger partial charge >= 0.3 is 0 Å². The van der Waals surface area contributed by atoms with Crippen LogP contribution in [0.5, 0.6) is 0 Å². The second kappa shape index (κ2) is 6.81. The van der Waals surface area contributed by atoms with Gasteiger partial charge in [0.05, 0.1) is 0 Å². The Morgan fingerprint density at radius 2 is 2.00 bits per heavy atom. The van der Waals surface area contributed by atoms with Gasteiger partial charge in [0.25, 0.3) is 0 Å². The summed E-state index contributed by atoms with van der Waals surface area (Å²) in [7, 11) is 3.93. The smallest absolute Gasteiger partial charge is 0.225 e. The molecule has 0 bridgehead atoms. The van der Waals surface area contributed by atoms with Crippen LogP contribution in [0, 0.1) is 6.92 Å². The standard InChI is InChI=1S/C15H19BrN4/c1-11-13(8-17-2)9-18-15(19-11)20(3)10-12-6-4-5-7-14(12)16/h4-7,9,17H,8,10H2,1-3H3. The molecule has 2 aromatic rings. The highest BCUT2D eigenvalue weighted by Gasteiger charge is 2.09. The van der Waals surface area contributed by atoms with Gasteiger partial charge in [-0.25, -0.2) is 9.97 Å². The third-order valence-electron chi connectivity index (χ3n) is 3.14. The minimum Gasteiger partial charge on any atom is -0.340 e. The molecule has 0 radical (unpaired) electrons.